The normalized spacial score (nSPS) is 10.3. The molecule has 0 aliphatic carbocycles. The highest BCUT2D eigenvalue weighted by Gasteiger charge is 2.18. The Balaban J connectivity index is 1.96. The Morgan fingerprint density at radius 3 is 2.10 bits per heavy atom. The Morgan fingerprint density at radius 2 is 1.57 bits per heavy atom. The molecule has 7 nitrogen and oxygen atoms in total. The number of aromatic nitrogens is 1. The number of hydrogen-bond donors (Lipinski definition) is 0. The molecule has 0 amide bonds. The molecule has 0 fully saturated rings. The van der Waals surface area contributed by atoms with Gasteiger partial charge in [0.05, 0.1) is 40.2 Å². The van der Waals surface area contributed by atoms with Crippen LogP contribution in [0, 0.1) is 0 Å². The SMILES string of the molecule is COc1ccc(OC(=O)c2ccc(Cl)c(-c3cc(OC)c(OC)c(OC)c3)c2)cn1. The number of methoxy groups -OCH3 is 4. The monoisotopic (exact) mass is 429 g/mol. The lowest BCUT2D eigenvalue weighted by Gasteiger charge is -2.15. The molecule has 1 heterocycles. The van der Waals surface area contributed by atoms with Crippen molar-refractivity contribution in [3.63, 3.8) is 0 Å². The molecule has 156 valence electrons. The highest BCUT2D eigenvalue weighted by Crippen LogP contribution is 2.42. The lowest BCUT2D eigenvalue weighted by atomic mass is 10.0. The van der Waals surface area contributed by atoms with E-state index >= 15 is 0 Å². The van der Waals surface area contributed by atoms with Gasteiger partial charge in [-0.1, -0.05) is 11.6 Å². The predicted molar refractivity (Wildman–Crippen MR) is 112 cm³/mol. The van der Waals surface area contributed by atoms with E-state index in [4.69, 9.17) is 35.3 Å². The second-order valence-corrected chi connectivity index (χ2v) is 6.44. The van der Waals surface area contributed by atoms with Gasteiger partial charge in [0.25, 0.3) is 0 Å². The molecule has 0 unspecified atom stereocenters. The summed E-state index contributed by atoms with van der Waals surface area (Å²) in [5.74, 6) is 1.58. The number of rotatable bonds is 7. The van der Waals surface area contributed by atoms with Crippen LogP contribution in [0.3, 0.4) is 0 Å². The molecule has 2 aromatic carbocycles. The molecule has 8 heteroatoms. The quantitative estimate of drug-likeness (QED) is 0.506. The van der Waals surface area contributed by atoms with Gasteiger partial charge in [0.15, 0.2) is 11.5 Å². The maximum Gasteiger partial charge on any atom is 0.343 e. The molecule has 1 aromatic heterocycles. The summed E-state index contributed by atoms with van der Waals surface area (Å²) in [4.78, 5) is 16.6. The van der Waals surface area contributed by atoms with Crippen molar-refractivity contribution in [2.45, 2.75) is 0 Å². The lowest BCUT2D eigenvalue weighted by Crippen LogP contribution is -2.09. The maximum atomic E-state index is 12.6. The van der Waals surface area contributed by atoms with Crippen LogP contribution < -0.4 is 23.7 Å². The van der Waals surface area contributed by atoms with Gasteiger partial charge in [0, 0.05) is 16.7 Å². The molecule has 3 rings (SSSR count). The van der Waals surface area contributed by atoms with Crippen LogP contribution in [0.15, 0.2) is 48.7 Å². The average molecular weight is 430 g/mol. The van der Waals surface area contributed by atoms with Crippen molar-refractivity contribution in [2.75, 3.05) is 28.4 Å². The van der Waals surface area contributed by atoms with E-state index in [9.17, 15) is 4.79 Å². The molecule has 0 bridgehead atoms. The molecule has 3 aromatic rings. The molecular weight excluding hydrogens is 410 g/mol. The zero-order chi connectivity index (χ0) is 21.7. The highest BCUT2D eigenvalue weighted by atomic mass is 35.5. The number of nitrogens with zero attached hydrogens (tertiary/aromatic N) is 1. The summed E-state index contributed by atoms with van der Waals surface area (Å²) in [7, 11) is 6.09. The number of benzene rings is 2. The third-order valence-corrected chi connectivity index (χ3v) is 4.64. The van der Waals surface area contributed by atoms with Gasteiger partial charge in [-0.2, -0.15) is 0 Å². The van der Waals surface area contributed by atoms with Crippen LogP contribution in [0.1, 0.15) is 10.4 Å². The molecule has 0 saturated heterocycles. The van der Waals surface area contributed by atoms with E-state index in [1.54, 1.807) is 42.5 Å². The van der Waals surface area contributed by atoms with Crippen LogP contribution in [-0.2, 0) is 0 Å². The number of carbonyl (C=O) groups is 1. The van der Waals surface area contributed by atoms with Crippen LogP contribution in [0.5, 0.6) is 28.9 Å². The van der Waals surface area contributed by atoms with Gasteiger partial charge < -0.3 is 23.7 Å². The van der Waals surface area contributed by atoms with E-state index in [0.29, 0.717) is 50.6 Å². The Bertz CT molecular complexity index is 1030. The number of ether oxygens (including phenoxy) is 5. The number of carbonyl (C=O) groups excluding carboxylic acids is 1. The van der Waals surface area contributed by atoms with Crippen molar-refractivity contribution in [2.24, 2.45) is 0 Å². The summed E-state index contributed by atoms with van der Waals surface area (Å²) < 4.78 is 26.5. The van der Waals surface area contributed by atoms with Crippen molar-refractivity contribution >= 4 is 17.6 Å². The predicted octanol–water partition coefficient (Wildman–Crippen LogP) is 4.66. The molecule has 0 saturated carbocycles. The minimum atomic E-state index is -0.549. The van der Waals surface area contributed by atoms with Crippen LogP contribution in [-0.4, -0.2) is 39.4 Å². The van der Waals surface area contributed by atoms with Gasteiger partial charge in [0.2, 0.25) is 11.6 Å². The van der Waals surface area contributed by atoms with Gasteiger partial charge in [-0.25, -0.2) is 9.78 Å². The number of esters is 1. The molecule has 0 aliphatic rings. The standard InChI is InChI=1S/C22H20ClNO6/c1-26-18-10-14(11-19(27-2)21(18)29-4)16-9-13(5-7-17(16)23)22(25)30-15-6-8-20(28-3)24-12-15/h5-12H,1-4H3. The number of pyridine rings is 1. The molecular formula is C22H20ClNO6. The first-order valence-electron chi connectivity index (χ1n) is 8.82. The topological polar surface area (TPSA) is 76.1 Å². The second-order valence-electron chi connectivity index (χ2n) is 6.03. The number of halogens is 1. The Labute approximate surface area is 179 Å². The average Bonchev–Trinajstić information content (AvgIpc) is 2.78. The fourth-order valence-electron chi connectivity index (χ4n) is 2.82. The van der Waals surface area contributed by atoms with Crippen LogP contribution in [0.4, 0.5) is 0 Å². The summed E-state index contributed by atoms with van der Waals surface area (Å²) >= 11 is 6.40. The third-order valence-electron chi connectivity index (χ3n) is 4.31. The highest BCUT2D eigenvalue weighted by molar-refractivity contribution is 6.33. The van der Waals surface area contributed by atoms with Gasteiger partial charge in [-0.05, 0) is 42.0 Å². The zero-order valence-electron chi connectivity index (χ0n) is 16.9. The Hall–Kier alpha value is -3.45. The first-order chi connectivity index (χ1) is 14.5. The van der Waals surface area contributed by atoms with E-state index in [1.807, 2.05) is 0 Å². The minimum Gasteiger partial charge on any atom is -0.493 e. The molecule has 0 spiro atoms. The van der Waals surface area contributed by atoms with Crippen molar-refractivity contribution < 1.29 is 28.5 Å². The molecule has 30 heavy (non-hydrogen) atoms. The maximum absolute atomic E-state index is 12.6. The van der Waals surface area contributed by atoms with E-state index in [-0.39, 0.29) is 0 Å². The van der Waals surface area contributed by atoms with E-state index < -0.39 is 5.97 Å². The first-order valence-corrected chi connectivity index (χ1v) is 9.20. The fraction of sp³-hybridized carbons (Fsp3) is 0.182. The first kappa shape index (κ1) is 21.3. The molecule has 0 atom stereocenters. The third kappa shape index (κ3) is 4.41. The molecule has 0 aliphatic heterocycles. The Morgan fingerprint density at radius 1 is 0.867 bits per heavy atom. The largest absolute Gasteiger partial charge is 0.493 e. The van der Waals surface area contributed by atoms with Crippen LogP contribution in [0.2, 0.25) is 5.02 Å². The molecule has 0 N–H and O–H groups in total. The summed E-state index contributed by atoms with van der Waals surface area (Å²) in [5.41, 5.74) is 1.62. The van der Waals surface area contributed by atoms with Crippen molar-refractivity contribution in [1.29, 1.82) is 0 Å². The summed E-state index contributed by atoms with van der Waals surface area (Å²) in [6, 6.07) is 11.6. The second kappa shape index (κ2) is 9.37. The summed E-state index contributed by atoms with van der Waals surface area (Å²) in [6.45, 7) is 0. The molecule has 0 radical (unpaired) electrons. The zero-order valence-corrected chi connectivity index (χ0v) is 17.6. The van der Waals surface area contributed by atoms with Crippen molar-refractivity contribution in [3.05, 3.63) is 59.2 Å². The van der Waals surface area contributed by atoms with Gasteiger partial charge in [-0.3, -0.25) is 0 Å². The van der Waals surface area contributed by atoms with Crippen molar-refractivity contribution in [3.8, 4) is 40.0 Å². The summed E-state index contributed by atoms with van der Waals surface area (Å²) in [6.07, 6.45) is 1.41. The van der Waals surface area contributed by atoms with Crippen LogP contribution >= 0.6 is 11.6 Å². The van der Waals surface area contributed by atoms with E-state index in [0.717, 1.165) is 0 Å². The van der Waals surface area contributed by atoms with E-state index in [1.165, 1.54) is 34.6 Å². The number of hydrogen-bond acceptors (Lipinski definition) is 7. The van der Waals surface area contributed by atoms with Crippen molar-refractivity contribution in [1.82, 2.24) is 4.98 Å². The fourth-order valence-corrected chi connectivity index (χ4v) is 3.05. The smallest absolute Gasteiger partial charge is 0.343 e. The van der Waals surface area contributed by atoms with E-state index in [2.05, 4.69) is 4.98 Å². The minimum absolute atomic E-state index is 0.296. The van der Waals surface area contributed by atoms with Crippen LogP contribution in [0.25, 0.3) is 11.1 Å². The van der Waals surface area contributed by atoms with Gasteiger partial charge >= 0.3 is 5.97 Å². The Kier molecular flexibility index (Phi) is 6.64. The van der Waals surface area contributed by atoms with Gasteiger partial charge in [0.1, 0.15) is 5.75 Å². The summed E-state index contributed by atoms with van der Waals surface area (Å²) in [5, 5.41) is 0.451. The lowest BCUT2D eigenvalue weighted by molar-refractivity contribution is 0.0734. The van der Waals surface area contributed by atoms with Gasteiger partial charge in [-0.15, -0.1) is 0 Å².